The molecule has 0 atom stereocenters. The van der Waals surface area contributed by atoms with Crippen LogP contribution in [0.3, 0.4) is 0 Å². The smallest absolute Gasteiger partial charge is 0.0447 e. The second kappa shape index (κ2) is 5.81. The minimum atomic E-state index is 0.420. The molecule has 3 nitrogen and oxygen atoms in total. The van der Waals surface area contributed by atoms with Crippen molar-refractivity contribution in [3.63, 3.8) is 0 Å². The average Bonchev–Trinajstić information content (AvgIpc) is 2.28. The van der Waals surface area contributed by atoms with Gasteiger partial charge < -0.3 is 15.1 Å². The van der Waals surface area contributed by atoms with Crippen LogP contribution >= 0.6 is 11.6 Å². The van der Waals surface area contributed by atoms with Crippen LogP contribution in [-0.2, 0) is 0 Å². The monoisotopic (exact) mass is 267 g/mol. The van der Waals surface area contributed by atoms with Crippen LogP contribution < -0.4 is 10.2 Å². The van der Waals surface area contributed by atoms with E-state index in [4.69, 9.17) is 11.6 Å². The van der Waals surface area contributed by atoms with Crippen LogP contribution in [0.25, 0.3) is 0 Å². The lowest BCUT2D eigenvalue weighted by atomic mass is 10.2. The molecule has 0 saturated carbocycles. The summed E-state index contributed by atoms with van der Waals surface area (Å²) in [7, 11) is 2.17. The van der Waals surface area contributed by atoms with Crippen molar-refractivity contribution in [2.45, 2.75) is 19.9 Å². The number of rotatable bonds is 3. The summed E-state index contributed by atoms with van der Waals surface area (Å²) >= 11 is 6.20. The molecule has 2 rings (SSSR count). The molecule has 1 saturated heterocycles. The summed E-state index contributed by atoms with van der Waals surface area (Å²) in [5, 5.41) is 4.21. The molecule has 0 aromatic heterocycles. The molecule has 1 aliphatic rings. The molecule has 18 heavy (non-hydrogen) atoms. The second-order valence-corrected chi connectivity index (χ2v) is 5.72. The van der Waals surface area contributed by atoms with E-state index in [0.717, 1.165) is 36.9 Å². The van der Waals surface area contributed by atoms with E-state index in [1.54, 1.807) is 0 Å². The molecule has 1 aromatic rings. The van der Waals surface area contributed by atoms with Crippen LogP contribution in [0.2, 0.25) is 5.02 Å². The fourth-order valence-electron chi connectivity index (χ4n) is 2.24. The Bertz CT molecular complexity index is 398. The predicted octanol–water partition coefficient (Wildman–Crippen LogP) is 2.91. The van der Waals surface area contributed by atoms with Gasteiger partial charge in [-0.2, -0.15) is 0 Å². The molecule has 1 aromatic carbocycles. The number of anilines is 2. The summed E-state index contributed by atoms with van der Waals surface area (Å²) in [5.74, 6) is 0. The molecule has 0 bridgehead atoms. The van der Waals surface area contributed by atoms with E-state index in [0.29, 0.717) is 6.04 Å². The number of nitrogens with one attached hydrogen (secondary N) is 1. The van der Waals surface area contributed by atoms with Gasteiger partial charge >= 0.3 is 0 Å². The van der Waals surface area contributed by atoms with Gasteiger partial charge in [-0.25, -0.2) is 0 Å². The highest BCUT2D eigenvalue weighted by Gasteiger charge is 2.15. The Morgan fingerprint density at radius 3 is 2.39 bits per heavy atom. The van der Waals surface area contributed by atoms with Gasteiger partial charge in [-0.05, 0) is 39.1 Å². The Hall–Kier alpha value is -0.930. The molecule has 1 N–H and O–H groups in total. The molecule has 0 amide bonds. The van der Waals surface area contributed by atoms with Gasteiger partial charge in [0.15, 0.2) is 0 Å². The van der Waals surface area contributed by atoms with Crippen LogP contribution in [0.4, 0.5) is 11.4 Å². The van der Waals surface area contributed by atoms with Gasteiger partial charge in [-0.1, -0.05) is 11.6 Å². The quantitative estimate of drug-likeness (QED) is 0.909. The zero-order valence-electron chi connectivity index (χ0n) is 11.4. The van der Waals surface area contributed by atoms with E-state index in [1.165, 1.54) is 5.69 Å². The van der Waals surface area contributed by atoms with Gasteiger partial charge in [0.05, 0.1) is 0 Å². The lowest BCUT2D eigenvalue weighted by Crippen LogP contribution is -2.44. The molecule has 4 heteroatoms. The van der Waals surface area contributed by atoms with Crippen LogP contribution in [-0.4, -0.2) is 44.2 Å². The first-order chi connectivity index (χ1) is 8.54. The van der Waals surface area contributed by atoms with Gasteiger partial charge in [-0.3, -0.25) is 0 Å². The highest BCUT2D eigenvalue weighted by atomic mass is 35.5. The summed E-state index contributed by atoms with van der Waals surface area (Å²) in [5.41, 5.74) is 2.32. The Morgan fingerprint density at radius 1 is 1.11 bits per heavy atom. The van der Waals surface area contributed by atoms with Gasteiger partial charge in [0.2, 0.25) is 0 Å². The Kier molecular flexibility index (Phi) is 4.36. The third-order valence-corrected chi connectivity index (χ3v) is 3.42. The lowest BCUT2D eigenvalue weighted by molar-refractivity contribution is 0.313. The van der Waals surface area contributed by atoms with E-state index in [1.807, 2.05) is 6.07 Å². The van der Waals surface area contributed by atoms with Crippen molar-refractivity contribution >= 4 is 23.0 Å². The van der Waals surface area contributed by atoms with Gasteiger partial charge in [0.25, 0.3) is 0 Å². The molecule has 0 aliphatic carbocycles. The fraction of sp³-hybridized carbons (Fsp3) is 0.571. The van der Waals surface area contributed by atoms with Gasteiger partial charge in [0, 0.05) is 48.6 Å². The molecule has 1 fully saturated rings. The van der Waals surface area contributed by atoms with E-state index in [-0.39, 0.29) is 0 Å². The third-order valence-electron chi connectivity index (χ3n) is 3.21. The molecular formula is C14H22ClN3. The number of nitrogens with zero attached hydrogens (tertiary/aromatic N) is 2. The molecule has 0 spiro atoms. The molecule has 0 unspecified atom stereocenters. The first-order valence-corrected chi connectivity index (χ1v) is 6.93. The van der Waals surface area contributed by atoms with E-state index in [2.05, 4.69) is 48.1 Å². The van der Waals surface area contributed by atoms with Gasteiger partial charge in [0.1, 0.15) is 0 Å². The number of piperazine rings is 1. The summed E-state index contributed by atoms with van der Waals surface area (Å²) in [4.78, 5) is 4.76. The van der Waals surface area contributed by atoms with Crippen LogP contribution in [0.15, 0.2) is 18.2 Å². The summed E-state index contributed by atoms with van der Waals surface area (Å²) < 4.78 is 0. The van der Waals surface area contributed by atoms with E-state index < -0.39 is 0 Å². The number of benzene rings is 1. The first kappa shape index (κ1) is 13.5. The van der Waals surface area contributed by atoms with E-state index in [9.17, 15) is 0 Å². The zero-order chi connectivity index (χ0) is 13.1. The van der Waals surface area contributed by atoms with Crippen molar-refractivity contribution < 1.29 is 0 Å². The highest BCUT2D eigenvalue weighted by Crippen LogP contribution is 2.26. The Labute approximate surface area is 115 Å². The molecule has 0 radical (unpaired) electrons. The number of hydrogen-bond donors (Lipinski definition) is 1. The predicted molar refractivity (Wildman–Crippen MR) is 79.9 cm³/mol. The largest absolute Gasteiger partial charge is 0.383 e. The van der Waals surface area contributed by atoms with Crippen molar-refractivity contribution in [1.29, 1.82) is 0 Å². The summed E-state index contributed by atoms with van der Waals surface area (Å²) in [6.45, 7) is 8.63. The van der Waals surface area contributed by atoms with Crippen molar-refractivity contribution in [1.82, 2.24) is 4.90 Å². The van der Waals surface area contributed by atoms with Crippen LogP contribution in [0.1, 0.15) is 13.8 Å². The molecule has 1 heterocycles. The molecule has 1 aliphatic heterocycles. The number of halogens is 1. The maximum atomic E-state index is 6.20. The van der Waals surface area contributed by atoms with Crippen molar-refractivity contribution in [2.24, 2.45) is 0 Å². The van der Waals surface area contributed by atoms with Crippen molar-refractivity contribution in [3.8, 4) is 0 Å². The third kappa shape index (κ3) is 3.53. The molecular weight excluding hydrogens is 246 g/mol. The SMILES string of the molecule is CC(C)Nc1cc(Cl)cc(N2CCN(C)CC2)c1. The standard InChI is InChI=1S/C14H22ClN3/c1-11(2)16-13-8-12(15)9-14(10-13)18-6-4-17(3)5-7-18/h8-11,16H,4-7H2,1-3H3. The van der Waals surface area contributed by atoms with E-state index >= 15 is 0 Å². The van der Waals surface area contributed by atoms with Gasteiger partial charge in [-0.15, -0.1) is 0 Å². The highest BCUT2D eigenvalue weighted by molar-refractivity contribution is 6.31. The Morgan fingerprint density at radius 2 is 1.78 bits per heavy atom. The normalized spacial score (nSPS) is 17.3. The van der Waals surface area contributed by atoms with Crippen molar-refractivity contribution in [2.75, 3.05) is 43.4 Å². The zero-order valence-corrected chi connectivity index (χ0v) is 12.2. The minimum absolute atomic E-state index is 0.420. The number of hydrogen-bond acceptors (Lipinski definition) is 3. The van der Waals surface area contributed by atoms with Crippen LogP contribution in [0, 0.1) is 0 Å². The minimum Gasteiger partial charge on any atom is -0.383 e. The topological polar surface area (TPSA) is 18.5 Å². The average molecular weight is 268 g/mol. The first-order valence-electron chi connectivity index (χ1n) is 6.55. The molecule has 100 valence electrons. The van der Waals surface area contributed by atoms with Crippen molar-refractivity contribution in [3.05, 3.63) is 23.2 Å². The lowest BCUT2D eigenvalue weighted by Gasteiger charge is -2.34. The Balaban J connectivity index is 2.14. The fourth-order valence-corrected chi connectivity index (χ4v) is 2.47. The van der Waals surface area contributed by atoms with Crippen LogP contribution in [0.5, 0.6) is 0 Å². The number of likely N-dealkylation sites (N-methyl/N-ethyl adjacent to an activating group) is 1. The maximum absolute atomic E-state index is 6.20. The summed E-state index contributed by atoms with van der Waals surface area (Å²) in [6, 6.07) is 6.65. The maximum Gasteiger partial charge on any atom is 0.0447 e. The summed E-state index contributed by atoms with van der Waals surface area (Å²) in [6.07, 6.45) is 0. The second-order valence-electron chi connectivity index (χ2n) is 5.29.